The molecule has 2 aliphatic carbocycles. The molecule has 0 saturated heterocycles. The van der Waals surface area contributed by atoms with Crippen LogP contribution in [0.15, 0.2) is 28.0 Å². The maximum atomic E-state index is 12.8. The lowest BCUT2D eigenvalue weighted by Crippen LogP contribution is -2.39. The zero-order chi connectivity index (χ0) is 19.3. The largest absolute Gasteiger partial charge is 0.461 e. The number of hydrogen-bond donors (Lipinski definition) is 0. The smallest absolute Gasteiger partial charge is 0.233 e. The summed E-state index contributed by atoms with van der Waals surface area (Å²) >= 11 is 1.52. The highest BCUT2D eigenvalue weighted by atomic mass is 32.2. The van der Waals surface area contributed by atoms with Gasteiger partial charge in [0.2, 0.25) is 11.7 Å². The van der Waals surface area contributed by atoms with Gasteiger partial charge < -0.3 is 9.32 Å². The van der Waals surface area contributed by atoms with E-state index in [4.69, 9.17) is 4.42 Å². The predicted octanol–water partition coefficient (Wildman–Crippen LogP) is 4.93. The quantitative estimate of drug-likeness (QED) is 0.641. The van der Waals surface area contributed by atoms with Gasteiger partial charge in [-0.25, -0.2) is 0 Å². The van der Waals surface area contributed by atoms with Crippen LogP contribution in [0.5, 0.6) is 0 Å². The van der Waals surface area contributed by atoms with Gasteiger partial charge in [0.25, 0.3) is 0 Å². The van der Waals surface area contributed by atoms with Gasteiger partial charge in [-0.05, 0) is 37.8 Å². The van der Waals surface area contributed by atoms with E-state index in [1.807, 2.05) is 24.1 Å². The molecule has 2 saturated carbocycles. The van der Waals surface area contributed by atoms with E-state index in [1.165, 1.54) is 50.3 Å². The normalized spacial score (nSPS) is 19.0. The maximum Gasteiger partial charge on any atom is 0.233 e. The van der Waals surface area contributed by atoms with Crippen LogP contribution in [0.1, 0.15) is 70.3 Å². The van der Waals surface area contributed by atoms with Crippen molar-refractivity contribution in [1.82, 2.24) is 19.7 Å². The van der Waals surface area contributed by atoms with Crippen LogP contribution in [-0.2, 0) is 4.79 Å². The van der Waals surface area contributed by atoms with Crippen molar-refractivity contribution in [2.75, 3.05) is 12.8 Å². The highest BCUT2D eigenvalue weighted by molar-refractivity contribution is 7.99. The van der Waals surface area contributed by atoms with E-state index in [2.05, 4.69) is 14.8 Å². The van der Waals surface area contributed by atoms with Gasteiger partial charge in [-0.15, -0.1) is 10.2 Å². The molecule has 7 heteroatoms. The molecule has 0 radical (unpaired) electrons. The highest BCUT2D eigenvalue weighted by Crippen LogP contribution is 2.35. The van der Waals surface area contributed by atoms with Crippen LogP contribution in [0.25, 0.3) is 11.6 Å². The number of aromatic nitrogens is 3. The van der Waals surface area contributed by atoms with E-state index in [0.717, 1.165) is 42.4 Å². The summed E-state index contributed by atoms with van der Waals surface area (Å²) in [5, 5.41) is 9.69. The van der Waals surface area contributed by atoms with Gasteiger partial charge in [-0.2, -0.15) is 0 Å². The van der Waals surface area contributed by atoms with Crippen LogP contribution in [0, 0.1) is 0 Å². The SMILES string of the molecule is CN(C(=O)CSc1nnc(-c2ccco2)n1C1CCCCC1)C1CCCCC1. The minimum atomic E-state index is 0.189. The Morgan fingerprint density at radius 3 is 2.54 bits per heavy atom. The molecule has 2 heterocycles. The topological polar surface area (TPSA) is 64.2 Å². The summed E-state index contributed by atoms with van der Waals surface area (Å²) in [5.41, 5.74) is 0. The van der Waals surface area contributed by atoms with Gasteiger partial charge >= 0.3 is 0 Å². The summed E-state index contributed by atoms with van der Waals surface area (Å²) in [6, 6.07) is 4.60. The van der Waals surface area contributed by atoms with E-state index < -0.39 is 0 Å². The lowest BCUT2D eigenvalue weighted by molar-refractivity contribution is -0.129. The molecule has 0 bridgehead atoms. The molecule has 2 fully saturated rings. The maximum absolute atomic E-state index is 12.8. The molecule has 0 spiro atoms. The molecule has 0 aromatic carbocycles. The first-order chi connectivity index (χ1) is 13.7. The number of carbonyl (C=O) groups is 1. The Balaban J connectivity index is 1.48. The van der Waals surface area contributed by atoms with Crippen molar-refractivity contribution in [3.05, 3.63) is 18.4 Å². The van der Waals surface area contributed by atoms with Crippen LogP contribution in [0.3, 0.4) is 0 Å². The average molecular weight is 403 g/mol. The molecule has 2 aliphatic rings. The van der Waals surface area contributed by atoms with Gasteiger partial charge in [0.1, 0.15) is 0 Å². The zero-order valence-corrected chi connectivity index (χ0v) is 17.5. The number of carbonyl (C=O) groups excluding carboxylic acids is 1. The summed E-state index contributed by atoms with van der Waals surface area (Å²) in [4.78, 5) is 14.7. The fourth-order valence-electron chi connectivity index (χ4n) is 4.52. The minimum Gasteiger partial charge on any atom is -0.461 e. The first-order valence-corrected chi connectivity index (χ1v) is 11.6. The van der Waals surface area contributed by atoms with Gasteiger partial charge in [0.05, 0.1) is 12.0 Å². The van der Waals surface area contributed by atoms with Crippen LogP contribution in [0.2, 0.25) is 0 Å². The molecule has 0 atom stereocenters. The average Bonchev–Trinajstić information content (AvgIpc) is 3.42. The van der Waals surface area contributed by atoms with Crippen molar-refractivity contribution < 1.29 is 9.21 Å². The fourth-order valence-corrected chi connectivity index (χ4v) is 5.45. The Morgan fingerprint density at radius 2 is 1.86 bits per heavy atom. The fraction of sp³-hybridized carbons (Fsp3) is 0.667. The van der Waals surface area contributed by atoms with Crippen LogP contribution < -0.4 is 0 Å². The number of hydrogen-bond acceptors (Lipinski definition) is 5. The second kappa shape index (κ2) is 9.16. The highest BCUT2D eigenvalue weighted by Gasteiger charge is 2.27. The molecule has 0 N–H and O–H groups in total. The van der Waals surface area contributed by atoms with Crippen molar-refractivity contribution in [1.29, 1.82) is 0 Å². The van der Waals surface area contributed by atoms with Gasteiger partial charge in [0.15, 0.2) is 10.9 Å². The summed E-state index contributed by atoms with van der Waals surface area (Å²) in [6.07, 6.45) is 13.7. The molecule has 0 unspecified atom stereocenters. The monoisotopic (exact) mass is 402 g/mol. The first-order valence-electron chi connectivity index (χ1n) is 10.6. The van der Waals surface area contributed by atoms with Gasteiger partial charge in [-0.1, -0.05) is 50.3 Å². The molecule has 6 nitrogen and oxygen atoms in total. The minimum absolute atomic E-state index is 0.189. The second-order valence-corrected chi connectivity index (χ2v) is 8.97. The molecule has 28 heavy (non-hydrogen) atoms. The summed E-state index contributed by atoms with van der Waals surface area (Å²) in [7, 11) is 1.96. The molecule has 1 amide bonds. The van der Waals surface area contributed by atoms with Crippen molar-refractivity contribution in [2.24, 2.45) is 0 Å². The number of rotatable bonds is 6. The van der Waals surface area contributed by atoms with E-state index in [9.17, 15) is 4.79 Å². The molecule has 2 aromatic heterocycles. The van der Waals surface area contributed by atoms with E-state index >= 15 is 0 Å². The zero-order valence-electron chi connectivity index (χ0n) is 16.7. The number of thioether (sulfide) groups is 1. The Bertz CT molecular complexity index is 761. The molecular weight excluding hydrogens is 372 g/mol. The van der Waals surface area contributed by atoms with Crippen molar-refractivity contribution >= 4 is 17.7 Å². The molecule has 0 aliphatic heterocycles. The summed E-state index contributed by atoms with van der Waals surface area (Å²) in [5.74, 6) is 2.13. The number of amides is 1. The van der Waals surface area contributed by atoms with Crippen LogP contribution in [0.4, 0.5) is 0 Å². The second-order valence-electron chi connectivity index (χ2n) is 8.03. The van der Waals surface area contributed by atoms with Crippen molar-refractivity contribution in [3.63, 3.8) is 0 Å². The van der Waals surface area contributed by atoms with Crippen molar-refractivity contribution in [2.45, 2.75) is 81.4 Å². The Kier molecular flexibility index (Phi) is 6.40. The van der Waals surface area contributed by atoms with E-state index in [0.29, 0.717) is 17.8 Å². The van der Waals surface area contributed by atoms with Crippen molar-refractivity contribution in [3.8, 4) is 11.6 Å². The Hall–Kier alpha value is -1.76. The lowest BCUT2D eigenvalue weighted by atomic mass is 9.94. The third kappa shape index (κ3) is 4.29. The molecular formula is C21H30N4O2S. The Labute approximate surface area is 171 Å². The van der Waals surface area contributed by atoms with E-state index in [1.54, 1.807) is 6.26 Å². The first kappa shape index (κ1) is 19.6. The van der Waals surface area contributed by atoms with Crippen LogP contribution >= 0.6 is 11.8 Å². The van der Waals surface area contributed by atoms with Crippen LogP contribution in [-0.4, -0.2) is 44.4 Å². The molecule has 2 aromatic rings. The Morgan fingerprint density at radius 1 is 1.14 bits per heavy atom. The lowest BCUT2D eigenvalue weighted by Gasteiger charge is -2.31. The molecule has 4 rings (SSSR count). The van der Waals surface area contributed by atoms with E-state index in [-0.39, 0.29) is 5.91 Å². The number of furan rings is 1. The predicted molar refractivity (Wildman–Crippen MR) is 110 cm³/mol. The standard InChI is InChI=1S/C21H30N4O2S/c1-24(16-9-4-2-5-10-16)19(26)15-28-21-23-22-20(18-13-8-14-27-18)25(21)17-11-6-3-7-12-17/h8,13-14,16-17H,2-7,9-12,15H2,1H3. The van der Waals surface area contributed by atoms with Gasteiger partial charge in [-0.3, -0.25) is 9.36 Å². The van der Waals surface area contributed by atoms with Gasteiger partial charge in [0, 0.05) is 19.1 Å². The summed E-state index contributed by atoms with van der Waals surface area (Å²) in [6.45, 7) is 0. The third-order valence-corrected chi connectivity index (χ3v) is 7.11. The number of nitrogens with zero attached hydrogens (tertiary/aromatic N) is 4. The summed E-state index contributed by atoms with van der Waals surface area (Å²) < 4.78 is 7.82. The molecule has 152 valence electrons. The third-order valence-electron chi connectivity index (χ3n) is 6.19.